The molecule has 4 nitrogen and oxygen atoms in total. The Kier molecular flexibility index (Phi) is 5.08. The highest BCUT2D eigenvalue weighted by Crippen LogP contribution is 2.38. The number of halogens is 1. The van der Waals surface area contributed by atoms with Gasteiger partial charge in [-0.2, -0.15) is 0 Å². The Morgan fingerprint density at radius 3 is 2.61 bits per heavy atom. The third-order valence-corrected chi connectivity index (χ3v) is 4.85. The molecule has 142 valence electrons. The summed E-state index contributed by atoms with van der Waals surface area (Å²) in [7, 11) is 1.52. The second-order valence-corrected chi connectivity index (χ2v) is 6.61. The first-order valence-electron chi connectivity index (χ1n) is 9.05. The number of anilines is 1. The summed E-state index contributed by atoms with van der Waals surface area (Å²) in [5.41, 5.74) is 4.35. The number of benzene rings is 3. The smallest absolute Gasteiger partial charge is 0.253 e. The van der Waals surface area contributed by atoms with E-state index >= 15 is 0 Å². The van der Waals surface area contributed by atoms with Gasteiger partial charge in [-0.15, -0.1) is 0 Å². The van der Waals surface area contributed by atoms with Gasteiger partial charge in [0.2, 0.25) is 0 Å². The standard InChI is InChI=1S/C23H20FNO3/c1-27-22-12-17(24)10-11-19(22)18-8-5-9-21-20(18)14-28-15-23(26)25(21)13-16-6-3-2-4-7-16/h2-12H,13-15H2,1H3. The van der Waals surface area contributed by atoms with Crippen molar-refractivity contribution in [2.45, 2.75) is 13.2 Å². The number of methoxy groups -OCH3 is 1. The minimum Gasteiger partial charge on any atom is -0.496 e. The Morgan fingerprint density at radius 1 is 1.00 bits per heavy atom. The van der Waals surface area contributed by atoms with E-state index in [1.807, 2.05) is 48.5 Å². The monoisotopic (exact) mass is 377 g/mol. The fourth-order valence-corrected chi connectivity index (χ4v) is 3.51. The largest absolute Gasteiger partial charge is 0.496 e. The predicted molar refractivity (Wildman–Crippen MR) is 106 cm³/mol. The molecule has 0 N–H and O–H groups in total. The molecule has 0 aromatic heterocycles. The molecule has 4 rings (SSSR count). The molecule has 0 radical (unpaired) electrons. The average molecular weight is 377 g/mol. The number of rotatable bonds is 4. The van der Waals surface area contributed by atoms with Crippen LogP contribution in [-0.2, 0) is 22.7 Å². The zero-order valence-electron chi connectivity index (χ0n) is 15.5. The van der Waals surface area contributed by atoms with Crippen LogP contribution in [0.15, 0.2) is 66.7 Å². The van der Waals surface area contributed by atoms with E-state index in [4.69, 9.17) is 9.47 Å². The average Bonchev–Trinajstić information content (AvgIpc) is 2.88. The summed E-state index contributed by atoms with van der Waals surface area (Å²) in [6.45, 7) is 0.768. The van der Waals surface area contributed by atoms with Crippen LogP contribution >= 0.6 is 0 Å². The number of hydrogen-bond acceptors (Lipinski definition) is 3. The quantitative estimate of drug-likeness (QED) is 0.669. The van der Waals surface area contributed by atoms with E-state index in [0.29, 0.717) is 18.9 Å². The summed E-state index contributed by atoms with van der Waals surface area (Å²) >= 11 is 0. The number of ether oxygens (including phenoxy) is 2. The number of hydrogen-bond donors (Lipinski definition) is 0. The lowest BCUT2D eigenvalue weighted by molar-refractivity contribution is -0.123. The lowest BCUT2D eigenvalue weighted by atomic mass is 9.97. The zero-order valence-corrected chi connectivity index (χ0v) is 15.5. The van der Waals surface area contributed by atoms with Crippen LogP contribution in [0.1, 0.15) is 11.1 Å². The van der Waals surface area contributed by atoms with Gasteiger partial charge < -0.3 is 14.4 Å². The molecular weight excluding hydrogens is 357 g/mol. The predicted octanol–water partition coefficient (Wildman–Crippen LogP) is 4.56. The van der Waals surface area contributed by atoms with E-state index in [-0.39, 0.29) is 18.3 Å². The summed E-state index contributed by atoms with van der Waals surface area (Å²) in [5.74, 6) is -0.0100. The zero-order chi connectivity index (χ0) is 19.5. The first kappa shape index (κ1) is 18.2. The Labute approximate surface area is 163 Å². The first-order valence-corrected chi connectivity index (χ1v) is 9.05. The van der Waals surface area contributed by atoms with Crippen molar-refractivity contribution in [1.29, 1.82) is 0 Å². The van der Waals surface area contributed by atoms with Crippen LogP contribution in [0.5, 0.6) is 5.75 Å². The molecule has 0 saturated carbocycles. The maximum atomic E-state index is 13.7. The van der Waals surface area contributed by atoms with Crippen molar-refractivity contribution in [2.24, 2.45) is 0 Å². The number of amides is 1. The van der Waals surface area contributed by atoms with Crippen molar-refractivity contribution in [1.82, 2.24) is 0 Å². The molecule has 28 heavy (non-hydrogen) atoms. The van der Waals surface area contributed by atoms with Crippen LogP contribution in [0.2, 0.25) is 0 Å². The second kappa shape index (κ2) is 7.82. The van der Waals surface area contributed by atoms with Crippen LogP contribution in [0, 0.1) is 5.82 Å². The van der Waals surface area contributed by atoms with Crippen LogP contribution in [-0.4, -0.2) is 19.6 Å². The second-order valence-electron chi connectivity index (χ2n) is 6.61. The SMILES string of the molecule is COc1cc(F)ccc1-c1cccc2c1COCC(=O)N2Cc1ccccc1. The number of carbonyl (C=O) groups is 1. The molecule has 0 unspecified atom stereocenters. The van der Waals surface area contributed by atoms with Crippen molar-refractivity contribution in [3.63, 3.8) is 0 Å². The molecule has 1 aliphatic rings. The van der Waals surface area contributed by atoms with Gasteiger partial charge in [0.15, 0.2) is 0 Å². The molecule has 0 saturated heterocycles. The number of carbonyl (C=O) groups excluding carboxylic acids is 1. The van der Waals surface area contributed by atoms with Gasteiger partial charge in [0.05, 0.1) is 25.9 Å². The van der Waals surface area contributed by atoms with Crippen molar-refractivity contribution in [3.8, 4) is 16.9 Å². The highest BCUT2D eigenvalue weighted by molar-refractivity contribution is 5.97. The molecular formula is C23H20FNO3. The Morgan fingerprint density at radius 2 is 1.82 bits per heavy atom. The first-order chi connectivity index (χ1) is 13.7. The van der Waals surface area contributed by atoms with Crippen LogP contribution in [0.25, 0.3) is 11.1 Å². The van der Waals surface area contributed by atoms with E-state index < -0.39 is 0 Å². The Bertz CT molecular complexity index is 1000. The van der Waals surface area contributed by atoms with E-state index in [9.17, 15) is 9.18 Å². The summed E-state index contributed by atoms with van der Waals surface area (Å²) in [6.07, 6.45) is 0. The fourth-order valence-electron chi connectivity index (χ4n) is 3.51. The molecule has 3 aromatic rings. The fraction of sp³-hybridized carbons (Fsp3) is 0.174. The third kappa shape index (κ3) is 3.49. The summed E-state index contributed by atoms with van der Waals surface area (Å²) in [4.78, 5) is 14.5. The lowest BCUT2D eigenvalue weighted by Gasteiger charge is -2.24. The summed E-state index contributed by atoms with van der Waals surface area (Å²) < 4.78 is 24.7. The van der Waals surface area contributed by atoms with Gasteiger partial charge in [-0.05, 0) is 29.3 Å². The van der Waals surface area contributed by atoms with E-state index in [1.165, 1.54) is 19.2 Å². The van der Waals surface area contributed by atoms with Gasteiger partial charge in [0.1, 0.15) is 18.2 Å². The molecule has 1 aliphatic heterocycles. The molecule has 0 spiro atoms. The van der Waals surface area contributed by atoms with Crippen molar-refractivity contribution in [2.75, 3.05) is 18.6 Å². The molecule has 0 atom stereocenters. The molecule has 0 bridgehead atoms. The van der Waals surface area contributed by atoms with Crippen molar-refractivity contribution >= 4 is 11.6 Å². The van der Waals surface area contributed by atoms with Gasteiger partial charge in [-0.1, -0.05) is 42.5 Å². The highest BCUT2D eigenvalue weighted by atomic mass is 19.1. The van der Waals surface area contributed by atoms with Gasteiger partial charge >= 0.3 is 0 Å². The minimum absolute atomic E-state index is 0.0154. The molecule has 3 aromatic carbocycles. The highest BCUT2D eigenvalue weighted by Gasteiger charge is 2.25. The molecule has 5 heteroatoms. The van der Waals surface area contributed by atoms with Crippen LogP contribution in [0.3, 0.4) is 0 Å². The van der Waals surface area contributed by atoms with Gasteiger partial charge in [0.25, 0.3) is 5.91 Å². The van der Waals surface area contributed by atoms with Gasteiger partial charge in [-0.3, -0.25) is 4.79 Å². The Hall–Kier alpha value is -3.18. The van der Waals surface area contributed by atoms with E-state index in [1.54, 1.807) is 11.0 Å². The molecule has 1 amide bonds. The molecule has 0 aliphatic carbocycles. The number of nitrogens with zero attached hydrogens (tertiary/aromatic N) is 1. The normalized spacial score (nSPS) is 13.8. The summed E-state index contributed by atoms with van der Waals surface area (Å²) in [5, 5.41) is 0. The van der Waals surface area contributed by atoms with Crippen LogP contribution in [0.4, 0.5) is 10.1 Å². The van der Waals surface area contributed by atoms with Crippen molar-refractivity contribution in [3.05, 3.63) is 83.7 Å². The minimum atomic E-state index is -0.361. The molecule has 0 fully saturated rings. The maximum absolute atomic E-state index is 13.7. The van der Waals surface area contributed by atoms with E-state index in [0.717, 1.165) is 27.9 Å². The van der Waals surface area contributed by atoms with E-state index in [2.05, 4.69) is 0 Å². The van der Waals surface area contributed by atoms with Gasteiger partial charge in [0, 0.05) is 17.2 Å². The maximum Gasteiger partial charge on any atom is 0.253 e. The number of fused-ring (bicyclic) bond motifs is 1. The lowest BCUT2D eigenvalue weighted by Crippen LogP contribution is -2.32. The van der Waals surface area contributed by atoms with Crippen LogP contribution < -0.4 is 9.64 Å². The third-order valence-electron chi connectivity index (χ3n) is 4.85. The topological polar surface area (TPSA) is 38.8 Å². The van der Waals surface area contributed by atoms with Gasteiger partial charge in [-0.25, -0.2) is 4.39 Å². The van der Waals surface area contributed by atoms with Crippen molar-refractivity contribution < 1.29 is 18.7 Å². The molecule has 1 heterocycles. The summed E-state index contributed by atoms with van der Waals surface area (Å²) in [6, 6.07) is 20.1. The Balaban J connectivity index is 1.82.